The second-order valence-corrected chi connectivity index (χ2v) is 13.1. The van der Waals surface area contributed by atoms with Crippen LogP contribution in [-0.2, 0) is 21.4 Å². The Bertz CT molecular complexity index is 1750. The van der Waals surface area contributed by atoms with Gasteiger partial charge in [0.25, 0.3) is 15.9 Å². The first kappa shape index (κ1) is 32.6. The van der Waals surface area contributed by atoms with Crippen molar-refractivity contribution in [2.45, 2.75) is 18.4 Å². The number of carbonyl (C=O) groups is 1. The number of amides is 1. The number of sulfonamides is 1. The van der Waals surface area contributed by atoms with E-state index in [9.17, 15) is 13.2 Å². The number of hydrogen-bond donors (Lipinski definition) is 1. The van der Waals surface area contributed by atoms with Crippen LogP contribution >= 0.6 is 50.7 Å². The van der Waals surface area contributed by atoms with Gasteiger partial charge in [0.05, 0.1) is 28.4 Å². The molecule has 4 aromatic carbocycles. The van der Waals surface area contributed by atoms with Crippen LogP contribution in [0.5, 0.6) is 11.5 Å². The molecule has 0 radical (unpaired) electrons. The fraction of sp³-hybridized carbons (Fsp3) is 0.133. The van der Waals surface area contributed by atoms with Gasteiger partial charge in [0.1, 0.15) is 13.2 Å². The molecule has 0 aliphatic heterocycles. The molecule has 43 heavy (non-hydrogen) atoms. The summed E-state index contributed by atoms with van der Waals surface area (Å²) in [6, 6.07) is 21.0. The van der Waals surface area contributed by atoms with Gasteiger partial charge < -0.3 is 9.47 Å². The predicted octanol–water partition coefficient (Wildman–Crippen LogP) is 7.65. The van der Waals surface area contributed by atoms with Gasteiger partial charge in [0.15, 0.2) is 11.5 Å². The molecule has 0 fully saturated rings. The van der Waals surface area contributed by atoms with E-state index in [1.807, 2.05) is 6.92 Å². The number of ether oxygens (including phenoxy) is 2. The molecule has 13 heteroatoms. The second kappa shape index (κ2) is 14.5. The van der Waals surface area contributed by atoms with E-state index in [4.69, 9.17) is 44.3 Å². The highest BCUT2D eigenvalue weighted by atomic mass is 79.9. The first-order valence-corrected chi connectivity index (χ1v) is 16.0. The van der Waals surface area contributed by atoms with Crippen LogP contribution in [0.1, 0.15) is 16.7 Å². The lowest BCUT2D eigenvalue weighted by Gasteiger charge is -2.23. The zero-order chi connectivity index (χ0) is 31.1. The molecule has 0 heterocycles. The third-order valence-electron chi connectivity index (χ3n) is 6.05. The maximum absolute atomic E-state index is 13.5. The Morgan fingerprint density at radius 3 is 2.30 bits per heavy atom. The van der Waals surface area contributed by atoms with Crippen molar-refractivity contribution >= 4 is 78.6 Å². The van der Waals surface area contributed by atoms with Crippen LogP contribution in [0, 0.1) is 6.92 Å². The Balaban J connectivity index is 1.48. The van der Waals surface area contributed by atoms with Gasteiger partial charge in [-0.05, 0) is 89.1 Å². The highest BCUT2D eigenvalue weighted by Gasteiger charge is 2.27. The maximum Gasteiger partial charge on any atom is 0.264 e. The standard InChI is InChI=1S/C30H25BrCl3N3O5S/c1-19-3-11-25(12-4-19)43(39,40)37(24-9-7-22(32)8-10-24)17-29(38)36-35-16-20-13-26(31)30(28(14-20)41-2)42-18-21-5-6-23(33)15-27(21)34/h3-16H,17-18H2,1-2H3,(H,36,38)/b35-16-. The lowest BCUT2D eigenvalue weighted by Crippen LogP contribution is -2.39. The third kappa shape index (κ3) is 8.43. The van der Waals surface area contributed by atoms with Crippen molar-refractivity contribution in [2.24, 2.45) is 5.10 Å². The Morgan fingerprint density at radius 1 is 0.977 bits per heavy atom. The van der Waals surface area contributed by atoms with Gasteiger partial charge in [0.2, 0.25) is 0 Å². The molecule has 4 aromatic rings. The van der Waals surface area contributed by atoms with Gasteiger partial charge in [-0.25, -0.2) is 13.8 Å². The average Bonchev–Trinajstić information content (AvgIpc) is 2.96. The molecule has 224 valence electrons. The highest BCUT2D eigenvalue weighted by Crippen LogP contribution is 2.37. The largest absolute Gasteiger partial charge is 0.493 e. The van der Waals surface area contributed by atoms with Crippen LogP contribution in [0.4, 0.5) is 5.69 Å². The zero-order valence-electron chi connectivity index (χ0n) is 22.9. The Kier molecular flexibility index (Phi) is 11.0. The summed E-state index contributed by atoms with van der Waals surface area (Å²) in [5.74, 6) is 0.188. The number of halogens is 4. The highest BCUT2D eigenvalue weighted by molar-refractivity contribution is 9.10. The minimum absolute atomic E-state index is 0.0435. The van der Waals surface area contributed by atoms with E-state index in [1.54, 1.807) is 54.6 Å². The van der Waals surface area contributed by atoms with E-state index in [0.29, 0.717) is 36.6 Å². The number of nitrogens with one attached hydrogen (secondary N) is 1. The van der Waals surface area contributed by atoms with Crippen molar-refractivity contribution in [2.75, 3.05) is 18.0 Å². The number of nitrogens with zero attached hydrogens (tertiary/aromatic N) is 2. The van der Waals surface area contributed by atoms with E-state index < -0.39 is 22.5 Å². The summed E-state index contributed by atoms with van der Waals surface area (Å²) < 4.78 is 40.0. The number of carbonyl (C=O) groups excluding carboxylic acids is 1. The van der Waals surface area contributed by atoms with Crippen molar-refractivity contribution in [1.29, 1.82) is 0 Å². The van der Waals surface area contributed by atoms with E-state index in [-0.39, 0.29) is 17.2 Å². The molecule has 0 saturated heterocycles. The molecule has 1 amide bonds. The monoisotopic (exact) mass is 723 g/mol. The van der Waals surface area contributed by atoms with E-state index in [1.165, 1.54) is 37.6 Å². The summed E-state index contributed by atoms with van der Waals surface area (Å²) in [7, 11) is -2.59. The van der Waals surface area contributed by atoms with Gasteiger partial charge >= 0.3 is 0 Å². The number of hydrogen-bond acceptors (Lipinski definition) is 6. The van der Waals surface area contributed by atoms with E-state index >= 15 is 0 Å². The van der Waals surface area contributed by atoms with E-state index in [2.05, 4.69) is 26.5 Å². The number of hydrazone groups is 1. The lowest BCUT2D eigenvalue weighted by atomic mass is 10.2. The quantitative estimate of drug-likeness (QED) is 0.127. The molecule has 0 unspecified atom stereocenters. The minimum atomic E-state index is -4.08. The molecule has 4 rings (SSSR count). The van der Waals surface area contributed by atoms with Gasteiger partial charge in [-0.15, -0.1) is 0 Å². The molecule has 0 aliphatic carbocycles. The summed E-state index contributed by atoms with van der Waals surface area (Å²) in [5, 5.41) is 5.44. The Hall–Kier alpha value is -3.28. The summed E-state index contributed by atoms with van der Waals surface area (Å²) >= 11 is 21.7. The van der Waals surface area contributed by atoms with Crippen molar-refractivity contribution in [3.63, 3.8) is 0 Å². The smallest absolute Gasteiger partial charge is 0.264 e. The van der Waals surface area contributed by atoms with E-state index in [0.717, 1.165) is 15.4 Å². The Labute approximate surface area is 273 Å². The molecule has 0 saturated carbocycles. The molecular weight excluding hydrogens is 701 g/mol. The third-order valence-corrected chi connectivity index (χ3v) is 9.27. The second-order valence-electron chi connectivity index (χ2n) is 9.15. The first-order valence-electron chi connectivity index (χ1n) is 12.6. The fourth-order valence-corrected chi connectivity index (χ4v) is 6.43. The van der Waals surface area contributed by atoms with Gasteiger partial charge in [-0.3, -0.25) is 9.10 Å². The number of aryl methyl sites for hydroxylation is 1. The molecule has 0 aromatic heterocycles. The molecule has 0 atom stereocenters. The molecular formula is C30H25BrCl3N3O5S. The van der Waals surface area contributed by atoms with Gasteiger partial charge in [-0.1, -0.05) is 58.6 Å². The fourth-order valence-electron chi connectivity index (χ4n) is 3.85. The number of anilines is 1. The van der Waals surface area contributed by atoms with Crippen molar-refractivity contribution in [3.8, 4) is 11.5 Å². The zero-order valence-corrected chi connectivity index (χ0v) is 27.5. The normalized spacial score (nSPS) is 11.4. The summed E-state index contributed by atoms with van der Waals surface area (Å²) in [6.07, 6.45) is 1.39. The molecule has 0 aliphatic rings. The van der Waals surface area contributed by atoms with Crippen LogP contribution in [0.25, 0.3) is 0 Å². The Morgan fingerprint density at radius 2 is 1.65 bits per heavy atom. The molecule has 1 N–H and O–H groups in total. The predicted molar refractivity (Wildman–Crippen MR) is 174 cm³/mol. The average molecular weight is 726 g/mol. The van der Waals surface area contributed by atoms with Crippen LogP contribution in [0.15, 0.2) is 93.3 Å². The van der Waals surface area contributed by atoms with Gasteiger partial charge in [-0.2, -0.15) is 5.10 Å². The number of methoxy groups -OCH3 is 1. The summed E-state index contributed by atoms with van der Waals surface area (Å²) in [5.41, 5.74) is 4.88. The topological polar surface area (TPSA) is 97.3 Å². The van der Waals surface area contributed by atoms with Crippen LogP contribution in [-0.4, -0.2) is 34.2 Å². The summed E-state index contributed by atoms with van der Waals surface area (Å²) in [4.78, 5) is 12.9. The SMILES string of the molecule is COc1cc(/C=N\NC(=O)CN(c2ccc(Cl)cc2)S(=O)(=O)c2ccc(C)cc2)cc(Br)c1OCc1ccc(Cl)cc1Cl. The van der Waals surface area contributed by atoms with Crippen LogP contribution in [0.3, 0.4) is 0 Å². The van der Waals surface area contributed by atoms with Crippen molar-refractivity contribution in [1.82, 2.24) is 5.43 Å². The van der Waals surface area contributed by atoms with Gasteiger partial charge in [0, 0.05) is 20.6 Å². The maximum atomic E-state index is 13.5. The lowest BCUT2D eigenvalue weighted by molar-refractivity contribution is -0.119. The number of rotatable bonds is 11. The molecule has 0 spiro atoms. The minimum Gasteiger partial charge on any atom is -0.493 e. The molecule has 8 nitrogen and oxygen atoms in total. The van der Waals surface area contributed by atoms with Crippen molar-refractivity contribution in [3.05, 3.63) is 115 Å². The van der Waals surface area contributed by atoms with Crippen molar-refractivity contribution < 1.29 is 22.7 Å². The number of benzene rings is 4. The van der Waals surface area contributed by atoms with Crippen LogP contribution in [0.2, 0.25) is 15.1 Å². The van der Waals surface area contributed by atoms with Crippen LogP contribution < -0.4 is 19.2 Å². The molecule has 0 bridgehead atoms. The summed E-state index contributed by atoms with van der Waals surface area (Å²) in [6.45, 7) is 1.50. The first-order chi connectivity index (χ1) is 20.5.